The van der Waals surface area contributed by atoms with Gasteiger partial charge >= 0.3 is 0 Å². The Kier molecular flexibility index (Phi) is 3.39. The summed E-state index contributed by atoms with van der Waals surface area (Å²) in [6, 6.07) is 8.37. The summed E-state index contributed by atoms with van der Waals surface area (Å²) in [5.74, 6) is -1.39. The van der Waals surface area contributed by atoms with Gasteiger partial charge in [-0.1, -0.05) is 10.5 Å². The lowest BCUT2D eigenvalue weighted by molar-refractivity contribution is -0.0233. The smallest absolute Gasteiger partial charge is 0.251 e. The second-order valence-electron chi connectivity index (χ2n) is 4.40. The van der Waals surface area contributed by atoms with Gasteiger partial charge in [0.05, 0.1) is 17.2 Å². The van der Waals surface area contributed by atoms with Gasteiger partial charge in [0.15, 0.2) is 5.83 Å². The molecule has 22 heavy (non-hydrogen) atoms. The fourth-order valence-electron chi connectivity index (χ4n) is 1.87. The molecule has 1 aromatic heterocycles. The van der Waals surface area contributed by atoms with Crippen LogP contribution in [0.4, 0.5) is 13.3 Å². The maximum absolute atomic E-state index is 13.2. The average molecular weight is 304 g/mol. The highest BCUT2D eigenvalue weighted by Gasteiger charge is 2.27. The Hall–Kier alpha value is -3.08. The third-order valence-electron chi connectivity index (χ3n) is 2.91. The van der Waals surface area contributed by atoms with Gasteiger partial charge in [-0.25, -0.2) is 8.78 Å². The number of allylic oxidation sites excluding steroid dienone is 2. The van der Waals surface area contributed by atoms with E-state index in [1.165, 1.54) is 6.07 Å². The summed E-state index contributed by atoms with van der Waals surface area (Å²) in [7, 11) is 0. The van der Waals surface area contributed by atoms with Gasteiger partial charge in [0.1, 0.15) is 0 Å². The van der Waals surface area contributed by atoms with Crippen LogP contribution in [0.3, 0.4) is 0 Å². The van der Waals surface area contributed by atoms with Crippen molar-refractivity contribution in [3.8, 4) is 17.5 Å². The Balaban J connectivity index is 1.95. The second-order valence-corrected chi connectivity index (χ2v) is 4.40. The molecule has 0 radical (unpaired) electrons. The third kappa shape index (κ3) is 2.44. The van der Waals surface area contributed by atoms with Gasteiger partial charge in [0.25, 0.3) is 6.30 Å². The maximum Gasteiger partial charge on any atom is 0.251 e. The minimum Gasteiger partial charge on any atom is -0.416 e. The number of nitrogens with zero attached hydrogens (tertiary/aromatic N) is 4. The standard InChI is InChI=1S/C14H7F3N4O/c15-11-5-10(7-21(17)12(11)16)14-20-19-13(22-14)9-3-1-2-8(4-9)6-18/h1-5,7,12H. The Morgan fingerprint density at radius 1 is 1.27 bits per heavy atom. The molecule has 1 aromatic carbocycles. The van der Waals surface area contributed by atoms with Crippen LogP contribution in [-0.2, 0) is 0 Å². The van der Waals surface area contributed by atoms with Crippen LogP contribution in [0.5, 0.6) is 0 Å². The first-order valence-electron chi connectivity index (χ1n) is 6.10. The van der Waals surface area contributed by atoms with Crippen LogP contribution >= 0.6 is 0 Å². The molecule has 3 rings (SSSR count). The number of aromatic nitrogens is 2. The molecule has 0 fully saturated rings. The number of rotatable bonds is 2. The zero-order valence-corrected chi connectivity index (χ0v) is 10.9. The second kappa shape index (κ2) is 5.37. The van der Waals surface area contributed by atoms with Gasteiger partial charge < -0.3 is 4.42 Å². The van der Waals surface area contributed by atoms with Crippen LogP contribution < -0.4 is 0 Å². The molecule has 1 atom stereocenters. The number of hydrogen-bond acceptors (Lipinski definition) is 5. The van der Waals surface area contributed by atoms with Crippen LogP contribution in [0.15, 0.2) is 46.8 Å². The van der Waals surface area contributed by atoms with Crippen molar-refractivity contribution in [1.29, 1.82) is 5.26 Å². The zero-order valence-electron chi connectivity index (χ0n) is 10.9. The number of halogens is 3. The van der Waals surface area contributed by atoms with E-state index in [0.29, 0.717) is 11.1 Å². The molecule has 5 nitrogen and oxygen atoms in total. The molecule has 0 amide bonds. The van der Waals surface area contributed by atoms with Crippen LogP contribution in [0.1, 0.15) is 11.5 Å². The van der Waals surface area contributed by atoms with E-state index in [-0.39, 0.29) is 17.4 Å². The molecule has 1 aliphatic rings. The van der Waals surface area contributed by atoms with E-state index in [2.05, 4.69) is 10.2 Å². The Morgan fingerprint density at radius 3 is 2.77 bits per heavy atom. The highest BCUT2D eigenvalue weighted by atomic mass is 19.2. The van der Waals surface area contributed by atoms with Crippen molar-refractivity contribution in [3.63, 3.8) is 0 Å². The van der Waals surface area contributed by atoms with E-state index < -0.39 is 17.2 Å². The highest BCUT2D eigenvalue weighted by Crippen LogP contribution is 2.29. The molecule has 1 unspecified atom stereocenters. The van der Waals surface area contributed by atoms with Crippen molar-refractivity contribution in [3.05, 3.63) is 53.8 Å². The lowest BCUT2D eigenvalue weighted by Gasteiger charge is -2.17. The van der Waals surface area contributed by atoms with E-state index in [1.807, 2.05) is 6.07 Å². The molecule has 0 spiro atoms. The van der Waals surface area contributed by atoms with Gasteiger partial charge in [-0.3, -0.25) is 0 Å². The van der Waals surface area contributed by atoms with Crippen LogP contribution in [0.2, 0.25) is 0 Å². The van der Waals surface area contributed by atoms with Crippen LogP contribution in [0, 0.1) is 11.3 Å². The molecule has 2 aromatic rings. The quantitative estimate of drug-likeness (QED) is 0.629. The molecule has 0 bridgehead atoms. The lowest BCUT2D eigenvalue weighted by atomic mass is 10.1. The fraction of sp³-hybridized carbons (Fsp3) is 0.0714. The predicted molar refractivity (Wildman–Crippen MR) is 69.5 cm³/mol. The first-order chi connectivity index (χ1) is 10.6. The van der Waals surface area contributed by atoms with Crippen LogP contribution in [0.25, 0.3) is 17.0 Å². The summed E-state index contributed by atoms with van der Waals surface area (Å²) in [6.45, 7) is 0. The van der Waals surface area contributed by atoms with Gasteiger partial charge in [0.2, 0.25) is 11.8 Å². The van der Waals surface area contributed by atoms with E-state index in [9.17, 15) is 13.3 Å². The topological polar surface area (TPSA) is 66.0 Å². The minimum absolute atomic E-state index is 0.0783. The zero-order chi connectivity index (χ0) is 15.7. The SMILES string of the molecule is N#Cc1cccc(-c2nnc(C3=CN(F)C(F)C(F)=C3)o2)c1. The third-order valence-corrected chi connectivity index (χ3v) is 2.91. The van der Waals surface area contributed by atoms with E-state index in [1.54, 1.807) is 18.2 Å². The first-order valence-corrected chi connectivity index (χ1v) is 6.10. The van der Waals surface area contributed by atoms with Gasteiger partial charge in [0, 0.05) is 11.8 Å². The summed E-state index contributed by atoms with van der Waals surface area (Å²) in [4.78, 5) is 0. The molecule has 2 heterocycles. The molecule has 0 saturated heterocycles. The molecular formula is C14H7F3N4O. The molecular weight excluding hydrogens is 297 g/mol. The van der Waals surface area contributed by atoms with Crippen molar-refractivity contribution in [1.82, 2.24) is 15.3 Å². The number of alkyl halides is 1. The van der Waals surface area contributed by atoms with Crippen molar-refractivity contribution >= 4 is 5.57 Å². The van der Waals surface area contributed by atoms with E-state index >= 15 is 0 Å². The van der Waals surface area contributed by atoms with Crippen molar-refractivity contribution in [2.24, 2.45) is 0 Å². The average Bonchev–Trinajstić information content (AvgIpc) is 3.02. The Bertz CT molecular complexity index is 821. The maximum atomic E-state index is 13.2. The molecule has 0 aliphatic carbocycles. The first kappa shape index (κ1) is 13.9. The number of hydrogen-bond donors (Lipinski definition) is 0. The summed E-state index contributed by atoms with van der Waals surface area (Å²) < 4.78 is 44.7. The van der Waals surface area contributed by atoms with Crippen molar-refractivity contribution < 1.29 is 17.7 Å². The molecule has 0 N–H and O–H groups in total. The highest BCUT2D eigenvalue weighted by molar-refractivity contribution is 5.70. The van der Waals surface area contributed by atoms with E-state index in [4.69, 9.17) is 9.68 Å². The Labute approximate surface area is 122 Å². The monoisotopic (exact) mass is 304 g/mol. The summed E-state index contributed by atoms with van der Waals surface area (Å²) in [5.41, 5.74) is 0.790. The fourth-order valence-corrected chi connectivity index (χ4v) is 1.87. The molecule has 0 saturated carbocycles. The van der Waals surface area contributed by atoms with Crippen molar-refractivity contribution in [2.75, 3.05) is 0 Å². The van der Waals surface area contributed by atoms with Gasteiger partial charge in [-0.2, -0.15) is 10.4 Å². The van der Waals surface area contributed by atoms with Gasteiger partial charge in [-0.05, 0) is 24.3 Å². The molecule has 110 valence electrons. The largest absolute Gasteiger partial charge is 0.416 e. The number of benzene rings is 1. The number of nitriles is 1. The van der Waals surface area contributed by atoms with E-state index in [0.717, 1.165) is 12.3 Å². The summed E-state index contributed by atoms with van der Waals surface area (Å²) >= 11 is 0. The van der Waals surface area contributed by atoms with Crippen LogP contribution in [-0.4, -0.2) is 21.6 Å². The minimum atomic E-state index is -2.47. The predicted octanol–water partition coefficient (Wildman–Crippen LogP) is 3.30. The molecule has 1 aliphatic heterocycles. The summed E-state index contributed by atoms with van der Waals surface area (Å²) in [5, 5.41) is 15.8. The normalized spacial score (nSPS) is 17.7. The molecule has 8 heteroatoms. The van der Waals surface area contributed by atoms with Gasteiger partial charge in [-0.15, -0.1) is 10.2 Å². The van der Waals surface area contributed by atoms with Crippen molar-refractivity contribution in [2.45, 2.75) is 6.30 Å². The summed E-state index contributed by atoms with van der Waals surface area (Å²) in [6.07, 6.45) is -0.973. The Morgan fingerprint density at radius 2 is 2.05 bits per heavy atom. The lowest BCUT2D eigenvalue weighted by Crippen LogP contribution is -2.22.